The third-order valence-corrected chi connectivity index (χ3v) is 14.0. The second kappa shape index (κ2) is 10.3. The Labute approximate surface area is 283 Å². The molecule has 48 heavy (non-hydrogen) atoms. The van der Waals surface area contributed by atoms with Crippen LogP contribution in [0.2, 0.25) is 0 Å². The van der Waals surface area contributed by atoms with Crippen LogP contribution in [-0.2, 0) is 27.7 Å². The van der Waals surface area contributed by atoms with Gasteiger partial charge in [0.1, 0.15) is 6.04 Å². The molecule has 0 radical (unpaired) electrons. The normalized spacial score (nSPS) is 37.2. The van der Waals surface area contributed by atoms with Crippen molar-refractivity contribution in [2.24, 2.45) is 24.8 Å². The first-order valence-electron chi connectivity index (χ1n) is 18.1. The Balaban J connectivity index is 1.08. The van der Waals surface area contributed by atoms with E-state index in [0.29, 0.717) is 35.9 Å². The van der Waals surface area contributed by atoms with E-state index in [-0.39, 0.29) is 23.5 Å². The number of carbonyl (C=O) groups is 1. The van der Waals surface area contributed by atoms with Gasteiger partial charge in [-0.25, -0.2) is 4.79 Å². The number of rotatable bonds is 3. The van der Waals surface area contributed by atoms with Gasteiger partial charge in [0, 0.05) is 65.7 Å². The molecule has 0 unspecified atom stereocenters. The minimum absolute atomic E-state index is 0.116. The number of aryl methyl sites for hydroxylation is 1. The summed E-state index contributed by atoms with van der Waals surface area (Å²) in [5.41, 5.74) is 9.33. The fourth-order valence-electron chi connectivity index (χ4n) is 12.0. The van der Waals surface area contributed by atoms with E-state index in [0.717, 1.165) is 45.4 Å². The third kappa shape index (κ3) is 3.59. The molecule has 8 heterocycles. The van der Waals surface area contributed by atoms with Crippen molar-refractivity contribution in [1.29, 1.82) is 0 Å². The lowest BCUT2D eigenvalue weighted by Gasteiger charge is -2.64. The Bertz CT molecular complexity index is 1940. The van der Waals surface area contributed by atoms with Crippen LogP contribution in [-0.4, -0.2) is 77.9 Å². The summed E-state index contributed by atoms with van der Waals surface area (Å²) in [6.07, 6.45) is 13.5. The maximum Gasteiger partial charge on any atom is 0.329 e. The molecule has 4 saturated heterocycles. The largest absolute Gasteiger partial charge is 0.501 e. The molecule has 7 nitrogen and oxygen atoms in total. The standard InChI is InChI=1S/C41H46N4O3/c1-5-24-21-44-17-15-32-27-11-7-9-13-34(27)45-39(40(46)47-4)29(24)20-37(44)41(32,45)16-14-25-22-48-23-31-28(25)18-36-38-30(19-35(31)42(36)2)26-10-6-8-12-33(26)43(38)3/h5-14,16,22,28-29,31-32,35-37,39H,15,17-21,23H2,1-4H3/t28-,29+,31+,32+,35-,36-,37-,39-,41-/m0/s1. The number of aromatic nitrogens is 1. The second-order valence-electron chi connectivity index (χ2n) is 15.5. The van der Waals surface area contributed by atoms with E-state index in [1.807, 2.05) is 0 Å². The summed E-state index contributed by atoms with van der Waals surface area (Å²) in [5.74, 6) is 1.21. The number of allylic oxidation sites excluding steroid dienone is 3. The molecule has 0 aliphatic carbocycles. The third-order valence-electron chi connectivity index (χ3n) is 14.0. The van der Waals surface area contributed by atoms with Crippen molar-refractivity contribution in [2.75, 3.05) is 38.8 Å². The summed E-state index contributed by atoms with van der Waals surface area (Å²) in [5, 5.41) is 1.42. The zero-order chi connectivity index (χ0) is 32.5. The Kier molecular flexibility index (Phi) is 6.28. The molecular weight excluding hydrogens is 596 g/mol. The molecule has 3 aromatic rings. The average Bonchev–Trinajstić information content (AvgIpc) is 3.56. The molecule has 0 N–H and O–H groups in total. The summed E-state index contributed by atoms with van der Waals surface area (Å²) in [6, 6.07) is 18.6. The molecule has 1 aromatic heterocycles. The molecule has 7 heteroatoms. The molecule has 7 aliphatic rings. The number of ether oxygens (including phenoxy) is 2. The Morgan fingerprint density at radius 1 is 1.06 bits per heavy atom. The first-order valence-corrected chi connectivity index (χ1v) is 18.1. The number of nitrogens with zero attached hydrogens (tertiary/aromatic N) is 4. The molecular formula is C41H46N4O3. The molecule has 4 bridgehead atoms. The molecule has 10 rings (SSSR count). The van der Waals surface area contributed by atoms with E-state index in [4.69, 9.17) is 9.47 Å². The van der Waals surface area contributed by atoms with Crippen molar-refractivity contribution in [2.45, 2.75) is 68.2 Å². The van der Waals surface area contributed by atoms with E-state index in [1.54, 1.807) is 7.11 Å². The number of fused-ring (bicyclic) bond motifs is 12. The van der Waals surface area contributed by atoms with E-state index in [9.17, 15) is 4.79 Å². The van der Waals surface area contributed by atoms with Gasteiger partial charge in [-0.15, -0.1) is 0 Å². The lowest BCUT2D eigenvalue weighted by atomic mass is 9.61. The lowest BCUT2D eigenvalue weighted by molar-refractivity contribution is -0.146. The fourth-order valence-corrected chi connectivity index (χ4v) is 12.0. The van der Waals surface area contributed by atoms with Crippen LogP contribution in [0.3, 0.4) is 0 Å². The molecule has 0 saturated carbocycles. The molecule has 7 aliphatic heterocycles. The Morgan fingerprint density at radius 2 is 1.90 bits per heavy atom. The van der Waals surface area contributed by atoms with Crippen LogP contribution in [0.4, 0.5) is 5.69 Å². The van der Waals surface area contributed by atoms with Crippen LogP contribution in [0.5, 0.6) is 0 Å². The highest BCUT2D eigenvalue weighted by Gasteiger charge is 2.66. The summed E-state index contributed by atoms with van der Waals surface area (Å²) in [4.78, 5) is 21.8. The predicted octanol–water partition coefficient (Wildman–Crippen LogP) is 6.12. The molecule has 0 spiro atoms. The smallest absolute Gasteiger partial charge is 0.329 e. The van der Waals surface area contributed by atoms with E-state index in [1.165, 1.54) is 44.6 Å². The molecule has 4 fully saturated rings. The minimum Gasteiger partial charge on any atom is -0.501 e. The first kappa shape index (κ1) is 29.1. The zero-order valence-corrected chi connectivity index (χ0v) is 28.5. The summed E-state index contributed by atoms with van der Waals surface area (Å²) < 4.78 is 14.5. The second-order valence-corrected chi connectivity index (χ2v) is 15.5. The average molecular weight is 643 g/mol. The van der Waals surface area contributed by atoms with Crippen molar-refractivity contribution in [3.63, 3.8) is 0 Å². The van der Waals surface area contributed by atoms with Crippen LogP contribution in [0, 0.1) is 17.8 Å². The van der Waals surface area contributed by atoms with Crippen molar-refractivity contribution in [1.82, 2.24) is 14.4 Å². The van der Waals surface area contributed by atoms with Crippen molar-refractivity contribution < 1.29 is 14.3 Å². The van der Waals surface area contributed by atoms with Crippen molar-refractivity contribution in [3.8, 4) is 0 Å². The number of piperidine rings is 4. The number of benzene rings is 2. The van der Waals surface area contributed by atoms with Gasteiger partial charge in [-0.3, -0.25) is 9.80 Å². The van der Waals surface area contributed by atoms with Crippen LogP contribution in [0.1, 0.15) is 55.0 Å². The number of hydrogen-bond donors (Lipinski definition) is 0. The number of para-hydroxylation sites is 2. The SMILES string of the molecule is CC=C1CN2CC[C@@H]3c4ccccc4N4[C@H](C(=O)OC)[C@@H]1C[C@H]2[C@]34C=CC1=COC[C@@H]2[C@H]1C[C@H]1c3c(c4ccccc4n3C)C[C@@H]2N1C. The molecule has 9 atom stereocenters. The van der Waals surface area contributed by atoms with Gasteiger partial charge in [0.05, 0.1) is 31.6 Å². The highest BCUT2D eigenvalue weighted by molar-refractivity contribution is 5.87. The molecule has 2 aromatic carbocycles. The predicted molar refractivity (Wildman–Crippen MR) is 188 cm³/mol. The van der Waals surface area contributed by atoms with E-state index < -0.39 is 0 Å². The maximum absolute atomic E-state index is 13.9. The quantitative estimate of drug-likeness (QED) is 0.254. The highest BCUT2D eigenvalue weighted by Crippen LogP contribution is 2.62. The molecule has 0 amide bonds. The number of anilines is 1. The number of likely N-dealkylation sites (N-methyl/N-ethyl adjacent to an activating group) is 1. The van der Waals surface area contributed by atoms with Gasteiger partial charge in [0.15, 0.2) is 0 Å². The van der Waals surface area contributed by atoms with Crippen molar-refractivity contribution in [3.05, 3.63) is 101 Å². The van der Waals surface area contributed by atoms with E-state index in [2.05, 4.69) is 113 Å². The van der Waals surface area contributed by atoms with Gasteiger partial charge in [-0.2, -0.15) is 0 Å². The van der Waals surface area contributed by atoms with Crippen LogP contribution in [0.15, 0.2) is 84.2 Å². The fraction of sp³-hybridized carbons (Fsp3) is 0.488. The van der Waals surface area contributed by atoms with E-state index >= 15 is 0 Å². The summed E-state index contributed by atoms with van der Waals surface area (Å²) in [7, 11) is 6.16. The number of hydrogen-bond acceptors (Lipinski definition) is 6. The minimum atomic E-state index is -0.342. The molecule has 248 valence electrons. The highest BCUT2D eigenvalue weighted by atomic mass is 16.5. The van der Waals surface area contributed by atoms with Gasteiger partial charge in [0.2, 0.25) is 0 Å². The van der Waals surface area contributed by atoms with Gasteiger partial charge >= 0.3 is 5.97 Å². The van der Waals surface area contributed by atoms with Crippen LogP contribution >= 0.6 is 0 Å². The summed E-state index contributed by atoms with van der Waals surface area (Å²) >= 11 is 0. The number of esters is 1. The Morgan fingerprint density at radius 3 is 2.75 bits per heavy atom. The van der Waals surface area contributed by atoms with Gasteiger partial charge < -0.3 is 18.9 Å². The zero-order valence-electron chi connectivity index (χ0n) is 28.5. The van der Waals surface area contributed by atoms with Crippen LogP contribution in [0.25, 0.3) is 10.9 Å². The number of carbonyl (C=O) groups excluding carboxylic acids is 1. The monoisotopic (exact) mass is 642 g/mol. The topological polar surface area (TPSA) is 50.2 Å². The Hall–Kier alpha value is -3.81. The van der Waals surface area contributed by atoms with Gasteiger partial charge in [-0.1, -0.05) is 60.2 Å². The maximum atomic E-state index is 13.9. The number of methoxy groups -OCH3 is 1. The first-order chi connectivity index (χ1) is 23.5. The van der Waals surface area contributed by atoms with Gasteiger partial charge in [-0.05, 0) is 81.0 Å². The summed E-state index contributed by atoms with van der Waals surface area (Å²) in [6.45, 7) is 4.93. The lowest BCUT2D eigenvalue weighted by Crippen LogP contribution is -2.75. The van der Waals surface area contributed by atoms with Gasteiger partial charge in [0.25, 0.3) is 0 Å². The van der Waals surface area contributed by atoms with Crippen molar-refractivity contribution >= 4 is 22.6 Å². The van der Waals surface area contributed by atoms with Crippen LogP contribution < -0.4 is 4.90 Å².